The number of anilines is 2. The third-order valence-corrected chi connectivity index (χ3v) is 3.09. The van der Waals surface area contributed by atoms with Gasteiger partial charge in [-0.1, -0.05) is 0 Å². The monoisotopic (exact) mass is 236 g/mol. The summed E-state index contributed by atoms with van der Waals surface area (Å²) < 4.78 is 0. The van der Waals surface area contributed by atoms with Crippen molar-refractivity contribution in [3.05, 3.63) is 11.4 Å². The van der Waals surface area contributed by atoms with E-state index in [9.17, 15) is 0 Å². The van der Waals surface area contributed by atoms with Crippen LogP contribution in [-0.2, 0) is 0 Å². The minimum Gasteiger partial charge on any atom is -0.396 e. The second kappa shape index (κ2) is 4.87. The molecule has 4 N–H and O–H groups in total. The molecule has 0 spiro atoms. The summed E-state index contributed by atoms with van der Waals surface area (Å²) in [4.78, 5) is 8.86. The van der Waals surface area contributed by atoms with E-state index in [1.807, 2.05) is 13.8 Å². The first-order valence-electron chi connectivity index (χ1n) is 6.13. The van der Waals surface area contributed by atoms with Gasteiger partial charge in [-0.2, -0.15) is 0 Å². The number of nitrogen functional groups attached to an aromatic ring is 1. The van der Waals surface area contributed by atoms with Gasteiger partial charge in [0.05, 0.1) is 0 Å². The molecule has 1 aromatic rings. The number of aromatic nitrogens is 2. The maximum atomic E-state index is 8.89. The molecule has 1 unspecified atom stereocenters. The van der Waals surface area contributed by atoms with Gasteiger partial charge in [0.15, 0.2) is 0 Å². The van der Waals surface area contributed by atoms with E-state index in [0.29, 0.717) is 18.2 Å². The fourth-order valence-electron chi connectivity index (χ4n) is 1.72. The van der Waals surface area contributed by atoms with E-state index < -0.39 is 0 Å². The van der Waals surface area contributed by atoms with Gasteiger partial charge in [0, 0.05) is 24.1 Å². The summed E-state index contributed by atoms with van der Waals surface area (Å²) >= 11 is 0. The average molecular weight is 236 g/mol. The molecule has 2 rings (SSSR count). The molecule has 0 amide bonds. The van der Waals surface area contributed by atoms with Crippen molar-refractivity contribution in [2.45, 2.75) is 45.1 Å². The van der Waals surface area contributed by atoms with Crippen molar-refractivity contribution in [3.8, 4) is 0 Å². The fourth-order valence-corrected chi connectivity index (χ4v) is 1.72. The first-order chi connectivity index (χ1) is 8.11. The number of rotatable bonds is 5. The first-order valence-corrected chi connectivity index (χ1v) is 6.13. The molecule has 1 fully saturated rings. The van der Waals surface area contributed by atoms with Crippen LogP contribution in [0.4, 0.5) is 11.6 Å². The van der Waals surface area contributed by atoms with Crippen LogP contribution in [0.2, 0.25) is 0 Å². The Morgan fingerprint density at radius 3 is 2.76 bits per heavy atom. The molecule has 1 heterocycles. The van der Waals surface area contributed by atoms with Gasteiger partial charge in [0.1, 0.15) is 17.5 Å². The van der Waals surface area contributed by atoms with Gasteiger partial charge in [0.25, 0.3) is 0 Å². The van der Waals surface area contributed by atoms with Crippen LogP contribution in [0.5, 0.6) is 0 Å². The van der Waals surface area contributed by atoms with Gasteiger partial charge < -0.3 is 16.2 Å². The Hall–Kier alpha value is -1.36. The zero-order valence-corrected chi connectivity index (χ0v) is 10.4. The van der Waals surface area contributed by atoms with Crippen LogP contribution in [-0.4, -0.2) is 27.7 Å². The van der Waals surface area contributed by atoms with Crippen molar-refractivity contribution in [3.63, 3.8) is 0 Å². The van der Waals surface area contributed by atoms with E-state index >= 15 is 0 Å². The quantitative estimate of drug-likeness (QED) is 0.720. The summed E-state index contributed by atoms with van der Waals surface area (Å²) in [7, 11) is 0. The highest BCUT2D eigenvalue weighted by Gasteiger charge is 2.28. The molecule has 1 saturated carbocycles. The molecule has 1 atom stereocenters. The Balaban J connectivity index is 2.19. The molecular weight excluding hydrogens is 216 g/mol. The lowest BCUT2D eigenvalue weighted by molar-refractivity contribution is 0.282. The molecule has 0 aromatic carbocycles. The van der Waals surface area contributed by atoms with E-state index in [1.165, 1.54) is 0 Å². The fraction of sp³-hybridized carbons (Fsp3) is 0.667. The van der Waals surface area contributed by atoms with E-state index in [2.05, 4.69) is 15.3 Å². The normalized spacial score (nSPS) is 16.9. The second-order valence-electron chi connectivity index (χ2n) is 4.77. The van der Waals surface area contributed by atoms with Gasteiger partial charge in [-0.15, -0.1) is 0 Å². The lowest BCUT2D eigenvalue weighted by atomic mass is 10.2. The smallest absolute Gasteiger partial charge is 0.136 e. The molecule has 1 aliphatic rings. The molecule has 5 nitrogen and oxygen atoms in total. The van der Waals surface area contributed by atoms with Crippen LogP contribution in [0.3, 0.4) is 0 Å². The van der Waals surface area contributed by atoms with Gasteiger partial charge >= 0.3 is 0 Å². The molecule has 94 valence electrons. The van der Waals surface area contributed by atoms with Crippen LogP contribution in [0, 0.1) is 6.92 Å². The Kier molecular flexibility index (Phi) is 3.47. The third kappa shape index (κ3) is 2.85. The molecule has 17 heavy (non-hydrogen) atoms. The Morgan fingerprint density at radius 2 is 2.18 bits per heavy atom. The predicted octanol–water partition coefficient (Wildman–Crippen LogP) is 1.43. The van der Waals surface area contributed by atoms with Gasteiger partial charge in [0.2, 0.25) is 0 Å². The van der Waals surface area contributed by atoms with Gasteiger partial charge in [-0.3, -0.25) is 0 Å². The van der Waals surface area contributed by atoms with Crippen molar-refractivity contribution >= 4 is 11.6 Å². The molecule has 1 aromatic heterocycles. The molecular formula is C12H20N4O. The predicted molar refractivity (Wildman–Crippen MR) is 67.9 cm³/mol. The Morgan fingerprint density at radius 1 is 1.47 bits per heavy atom. The van der Waals surface area contributed by atoms with Crippen molar-refractivity contribution in [2.24, 2.45) is 0 Å². The standard InChI is InChI=1S/C12H20N4O/c1-7(5-6-17)14-11-8(2)10(13)15-12(16-11)9-3-4-9/h7,9,17H,3-6H2,1-2H3,(H3,13,14,15,16). The summed E-state index contributed by atoms with van der Waals surface area (Å²) in [5.74, 6) is 2.71. The lowest BCUT2D eigenvalue weighted by Crippen LogP contribution is -2.19. The highest BCUT2D eigenvalue weighted by atomic mass is 16.3. The van der Waals surface area contributed by atoms with Gasteiger partial charge in [-0.25, -0.2) is 9.97 Å². The Labute approximate surface area is 101 Å². The maximum absolute atomic E-state index is 8.89. The topological polar surface area (TPSA) is 84.1 Å². The zero-order valence-electron chi connectivity index (χ0n) is 10.4. The number of hydrogen-bond donors (Lipinski definition) is 3. The van der Waals surface area contributed by atoms with Crippen molar-refractivity contribution in [2.75, 3.05) is 17.7 Å². The summed E-state index contributed by atoms with van der Waals surface area (Å²) in [6.07, 6.45) is 3.02. The minimum atomic E-state index is 0.170. The van der Waals surface area contributed by atoms with Crippen LogP contribution in [0.1, 0.15) is 43.5 Å². The average Bonchev–Trinajstić information content (AvgIpc) is 3.08. The van der Waals surface area contributed by atoms with E-state index in [0.717, 1.165) is 30.0 Å². The summed E-state index contributed by atoms with van der Waals surface area (Å²) in [5.41, 5.74) is 6.78. The van der Waals surface area contributed by atoms with Crippen LogP contribution in [0.25, 0.3) is 0 Å². The number of aliphatic hydroxyl groups is 1. The highest BCUT2D eigenvalue weighted by molar-refractivity contribution is 5.55. The highest BCUT2D eigenvalue weighted by Crippen LogP contribution is 2.39. The largest absolute Gasteiger partial charge is 0.396 e. The van der Waals surface area contributed by atoms with E-state index in [-0.39, 0.29) is 12.6 Å². The van der Waals surface area contributed by atoms with Crippen LogP contribution >= 0.6 is 0 Å². The third-order valence-electron chi connectivity index (χ3n) is 3.09. The van der Waals surface area contributed by atoms with E-state index in [4.69, 9.17) is 10.8 Å². The number of nitrogens with one attached hydrogen (secondary N) is 1. The lowest BCUT2D eigenvalue weighted by Gasteiger charge is -2.16. The Bertz CT molecular complexity index is 404. The zero-order chi connectivity index (χ0) is 12.4. The molecule has 0 bridgehead atoms. The van der Waals surface area contributed by atoms with Crippen LogP contribution < -0.4 is 11.1 Å². The second-order valence-corrected chi connectivity index (χ2v) is 4.77. The summed E-state index contributed by atoms with van der Waals surface area (Å²) in [5, 5.41) is 12.2. The van der Waals surface area contributed by atoms with Crippen molar-refractivity contribution in [1.82, 2.24) is 9.97 Å². The molecule has 0 saturated heterocycles. The van der Waals surface area contributed by atoms with Crippen molar-refractivity contribution < 1.29 is 5.11 Å². The molecule has 1 aliphatic carbocycles. The molecule has 0 aliphatic heterocycles. The molecule has 0 radical (unpaired) electrons. The summed E-state index contributed by atoms with van der Waals surface area (Å²) in [6.45, 7) is 4.11. The number of nitrogens with two attached hydrogens (primary N) is 1. The number of hydrogen-bond acceptors (Lipinski definition) is 5. The van der Waals surface area contributed by atoms with Crippen molar-refractivity contribution in [1.29, 1.82) is 0 Å². The summed E-state index contributed by atoms with van der Waals surface area (Å²) in [6, 6.07) is 0.181. The number of aliphatic hydroxyl groups excluding tert-OH is 1. The minimum absolute atomic E-state index is 0.170. The van der Waals surface area contributed by atoms with Crippen LogP contribution in [0.15, 0.2) is 0 Å². The number of nitrogens with zero attached hydrogens (tertiary/aromatic N) is 2. The molecule has 5 heteroatoms. The maximum Gasteiger partial charge on any atom is 0.136 e. The van der Waals surface area contributed by atoms with Gasteiger partial charge in [-0.05, 0) is 33.1 Å². The first kappa shape index (κ1) is 12.1. The van der Waals surface area contributed by atoms with E-state index in [1.54, 1.807) is 0 Å². The SMILES string of the molecule is Cc1c(N)nc(C2CC2)nc1NC(C)CCO.